The Labute approximate surface area is 85.1 Å². The van der Waals surface area contributed by atoms with Gasteiger partial charge in [0.05, 0.1) is 12.6 Å². The van der Waals surface area contributed by atoms with E-state index in [2.05, 4.69) is 23.8 Å². The summed E-state index contributed by atoms with van der Waals surface area (Å²) < 4.78 is 1.76. The van der Waals surface area contributed by atoms with Crippen LogP contribution in [-0.2, 0) is 6.54 Å². The summed E-state index contributed by atoms with van der Waals surface area (Å²) in [5.74, 6) is 0. The third-order valence-electron chi connectivity index (χ3n) is 2.32. The van der Waals surface area contributed by atoms with E-state index in [0.717, 1.165) is 13.1 Å². The Balaban J connectivity index is 2.31. The number of aromatic nitrogens is 2. The molecule has 0 bridgehead atoms. The Hall–Kier alpha value is -0.870. The number of hydrogen-bond donors (Lipinski definition) is 1. The van der Waals surface area contributed by atoms with Crippen LogP contribution in [0.1, 0.15) is 13.8 Å². The predicted octanol–water partition coefficient (Wildman–Crippen LogP) is 0.586. The highest BCUT2D eigenvalue weighted by molar-refractivity contribution is 4.78. The molecule has 1 aromatic rings. The standard InChI is InChI=1S/C10H19N3O/c1-3-12(4-2)8-10(14)9-13-7-5-6-11-13/h5-7,10,14H,3-4,8-9H2,1-2H3/t10-/m1/s1. The van der Waals surface area contributed by atoms with E-state index in [9.17, 15) is 5.11 Å². The first-order chi connectivity index (χ1) is 6.76. The molecule has 0 fully saturated rings. The molecular formula is C10H19N3O. The van der Waals surface area contributed by atoms with Gasteiger partial charge in [-0.1, -0.05) is 13.8 Å². The molecule has 0 aliphatic rings. The van der Waals surface area contributed by atoms with Crippen molar-refractivity contribution in [3.05, 3.63) is 18.5 Å². The fourth-order valence-corrected chi connectivity index (χ4v) is 1.46. The number of nitrogens with zero attached hydrogens (tertiary/aromatic N) is 3. The van der Waals surface area contributed by atoms with Gasteiger partial charge in [0.15, 0.2) is 0 Å². The molecule has 4 nitrogen and oxygen atoms in total. The maximum Gasteiger partial charge on any atom is 0.0862 e. The molecule has 14 heavy (non-hydrogen) atoms. The second kappa shape index (κ2) is 5.78. The van der Waals surface area contributed by atoms with Crippen molar-refractivity contribution in [1.82, 2.24) is 14.7 Å². The van der Waals surface area contributed by atoms with Crippen LogP contribution in [0.2, 0.25) is 0 Å². The lowest BCUT2D eigenvalue weighted by Crippen LogP contribution is -2.34. The lowest BCUT2D eigenvalue weighted by molar-refractivity contribution is 0.0997. The lowest BCUT2D eigenvalue weighted by Gasteiger charge is -2.21. The van der Waals surface area contributed by atoms with E-state index >= 15 is 0 Å². The molecular weight excluding hydrogens is 178 g/mol. The monoisotopic (exact) mass is 197 g/mol. The van der Waals surface area contributed by atoms with Crippen LogP contribution < -0.4 is 0 Å². The molecule has 4 heteroatoms. The maximum absolute atomic E-state index is 9.75. The van der Waals surface area contributed by atoms with Crippen LogP contribution in [0, 0.1) is 0 Å². The van der Waals surface area contributed by atoms with Crippen LogP contribution in [0.4, 0.5) is 0 Å². The van der Waals surface area contributed by atoms with Crippen LogP contribution in [0.3, 0.4) is 0 Å². The van der Waals surface area contributed by atoms with Crippen LogP contribution >= 0.6 is 0 Å². The number of rotatable bonds is 6. The van der Waals surface area contributed by atoms with Crippen molar-refractivity contribution in [3.63, 3.8) is 0 Å². The number of hydrogen-bond acceptors (Lipinski definition) is 3. The van der Waals surface area contributed by atoms with Gasteiger partial charge in [-0.05, 0) is 19.2 Å². The summed E-state index contributed by atoms with van der Waals surface area (Å²) in [7, 11) is 0. The highest BCUT2D eigenvalue weighted by Gasteiger charge is 2.09. The van der Waals surface area contributed by atoms with Crippen molar-refractivity contribution < 1.29 is 5.11 Å². The lowest BCUT2D eigenvalue weighted by atomic mass is 10.3. The highest BCUT2D eigenvalue weighted by atomic mass is 16.3. The fraction of sp³-hybridized carbons (Fsp3) is 0.700. The first-order valence-corrected chi connectivity index (χ1v) is 5.14. The smallest absolute Gasteiger partial charge is 0.0862 e. The van der Waals surface area contributed by atoms with Crippen molar-refractivity contribution in [2.75, 3.05) is 19.6 Å². The van der Waals surface area contributed by atoms with E-state index in [4.69, 9.17) is 0 Å². The number of aliphatic hydroxyl groups excluding tert-OH is 1. The van der Waals surface area contributed by atoms with Crippen LogP contribution in [0.15, 0.2) is 18.5 Å². The zero-order valence-corrected chi connectivity index (χ0v) is 8.93. The molecule has 1 heterocycles. The van der Waals surface area contributed by atoms with Gasteiger partial charge in [0, 0.05) is 18.9 Å². The van der Waals surface area contributed by atoms with Gasteiger partial charge in [-0.3, -0.25) is 4.68 Å². The topological polar surface area (TPSA) is 41.3 Å². The molecule has 0 aromatic carbocycles. The molecule has 1 aromatic heterocycles. The van der Waals surface area contributed by atoms with Crippen LogP contribution in [0.5, 0.6) is 0 Å². The van der Waals surface area contributed by atoms with Crippen molar-refractivity contribution in [1.29, 1.82) is 0 Å². The van der Waals surface area contributed by atoms with E-state index in [1.165, 1.54) is 0 Å². The van der Waals surface area contributed by atoms with Gasteiger partial charge >= 0.3 is 0 Å². The van der Waals surface area contributed by atoms with Gasteiger partial charge in [-0.25, -0.2) is 0 Å². The van der Waals surface area contributed by atoms with Gasteiger partial charge in [0.25, 0.3) is 0 Å². The quantitative estimate of drug-likeness (QED) is 0.725. The molecule has 0 aliphatic carbocycles. The van der Waals surface area contributed by atoms with Crippen molar-refractivity contribution in [3.8, 4) is 0 Å². The average molecular weight is 197 g/mol. The summed E-state index contributed by atoms with van der Waals surface area (Å²) in [5, 5.41) is 13.8. The van der Waals surface area contributed by atoms with Gasteiger partial charge in [0.2, 0.25) is 0 Å². The van der Waals surface area contributed by atoms with Gasteiger partial charge in [-0.15, -0.1) is 0 Å². The molecule has 80 valence electrons. The molecule has 1 atom stereocenters. The zero-order valence-electron chi connectivity index (χ0n) is 8.93. The van der Waals surface area contributed by atoms with Crippen LogP contribution in [0.25, 0.3) is 0 Å². The average Bonchev–Trinajstić information content (AvgIpc) is 2.66. The molecule has 0 spiro atoms. The zero-order chi connectivity index (χ0) is 10.4. The van der Waals surface area contributed by atoms with Crippen molar-refractivity contribution in [2.45, 2.75) is 26.5 Å². The molecule has 0 radical (unpaired) electrons. The molecule has 0 saturated heterocycles. The highest BCUT2D eigenvalue weighted by Crippen LogP contribution is 1.95. The SMILES string of the molecule is CCN(CC)C[C@@H](O)Cn1cccn1. The number of aliphatic hydroxyl groups is 1. The Bertz CT molecular complexity index is 232. The normalized spacial score (nSPS) is 13.4. The molecule has 1 N–H and O–H groups in total. The summed E-state index contributed by atoms with van der Waals surface area (Å²) in [5.41, 5.74) is 0. The van der Waals surface area contributed by atoms with E-state index in [0.29, 0.717) is 13.1 Å². The maximum atomic E-state index is 9.75. The minimum absolute atomic E-state index is 0.338. The summed E-state index contributed by atoms with van der Waals surface area (Å²) in [6.45, 7) is 7.45. The minimum atomic E-state index is -0.338. The third-order valence-corrected chi connectivity index (χ3v) is 2.32. The van der Waals surface area contributed by atoms with E-state index in [1.54, 1.807) is 10.9 Å². The Morgan fingerprint density at radius 2 is 2.14 bits per heavy atom. The van der Waals surface area contributed by atoms with E-state index in [-0.39, 0.29) is 6.10 Å². The van der Waals surface area contributed by atoms with Crippen molar-refractivity contribution in [2.24, 2.45) is 0 Å². The summed E-state index contributed by atoms with van der Waals surface area (Å²) >= 11 is 0. The predicted molar refractivity (Wildman–Crippen MR) is 56.0 cm³/mol. The van der Waals surface area contributed by atoms with E-state index < -0.39 is 0 Å². The van der Waals surface area contributed by atoms with Gasteiger partial charge in [-0.2, -0.15) is 5.10 Å². The third kappa shape index (κ3) is 3.47. The fourth-order valence-electron chi connectivity index (χ4n) is 1.46. The van der Waals surface area contributed by atoms with E-state index in [1.807, 2.05) is 12.3 Å². The molecule has 0 aliphatic heterocycles. The molecule has 0 unspecified atom stereocenters. The largest absolute Gasteiger partial charge is 0.390 e. The van der Waals surface area contributed by atoms with Gasteiger partial charge in [0.1, 0.15) is 0 Å². The number of likely N-dealkylation sites (N-methyl/N-ethyl adjacent to an activating group) is 1. The first kappa shape index (κ1) is 11.2. The van der Waals surface area contributed by atoms with Crippen LogP contribution in [-0.4, -0.2) is 45.5 Å². The summed E-state index contributed by atoms with van der Waals surface area (Å²) in [6.07, 6.45) is 3.25. The molecule has 0 saturated carbocycles. The minimum Gasteiger partial charge on any atom is -0.390 e. The summed E-state index contributed by atoms with van der Waals surface area (Å²) in [4.78, 5) is 2.20. The molecule has 1 rings (SSSR count). The van der Waals surface area contributed by atoms with Gasteiger partial charge < -0.3 is 10.0 Å². The van der Waals surface area contributed by atoms with Crippen molar-refractivity contribution >= 4 is 0 Å². The summed E-state index contributed by atoms with van der Waals surface area (Å²) in [6, 6.07) is 1.87. The Kier molecular flexibility index (Phi) is 4.62. The second-order valence-electron chi connectivity index (χ2n) is 3.37. The Morgan fingerprint density at radius 1 is 1.43 bits per heavy atom. The Morgan fingerprint density at radius 3 is 2.64 bits per heavy atom. The second-order valence-corrected chi connectivity index (χ2v) is 3.37. The molecule has 0 amide bonds. The first-order valence-electron chi connectivity index (χ1n) is 5.14.